The lowest BCUT2D eigenvalue weighted by molar-refractivity contribution is -0.122. The fourth-order valence-corrected chi connectivity index (χ4v) is 5.24. The number of carbonyl (C=O) groups excluding carboxylic acids is 2. The Bertz CT molecular complexity index is 788. The Morgan fingerprint density at radius 3 is 2.68 bits per heavy atom. The molecule has 1 aromatic rings. The number of aryl methyl sites for hydroxylation is 2. The molecule has 1 aliphatic carbocycles. The van der Waals surface area contributed by atoms with Gasteiger partial charge in [0.2, 0.25) is 5.91 Å². The lowest BCUT2D eigenvalue weighted by Gasteiger charge is -2.22. The molecule has 1 aliphatic heterocycles. The van der Waals surface area contributed by atoms with Gasteiger partial charge in [-0.25, -0.2) is 8.42 Å². The first-order chi connectivity index (χ1) is 11.9. The summed E-state index contributed by atoms with van der Waals surface area (Å²) in [7, 11) is -3.04. The van der Waals surface area contributed by atoms with E-state index in [2.05, 4.69) is 5.32 Å². The summed E-state index contributed by atoms with van der Waals surface area (Å²) in [5, 5.41) is 2.74. The predicted molar refractivity (Wildman–Crippen MR) is 95.2 cm³/mol. The zero-order chi connectivity index (χ0) is 18.0. The number of nitrogens with zero attached hydrogens (tertiary/aromatic N) is 1. The maximum Gasteiger partial charge on any atom is 0.254 e. The molecule has 1 aromatic carbocycles. The van der Waals surface area contributed by atoms with Crippen LogP contribution >= 0.6 is 0 Å². The molecular formula is C18H24N2O4S. The van der Waals surface area contributed by atoms with Gasteiger partial charge in [0, 0.05) is 18.2 Å². The number of fused-ring (bicyclic) bond motifs is 1. The van der Waals surface area contributed by atoms with E-state index < -0.39 is 9.84 Å². The number of benzene rings is 1. The second kappa shape index (κ2) is 7.15. The van der Waals surface area contributed by atoms with Gasteiger partial charge in [0.25, 0.3) is 5.91 Å². The molecule has 25 heavy (non-hydrogen) atoms. The van der Waals surface area contributed by atoms with Crippen molar-refractivity contribution in [2.24, 2.45) is 0 Å². The van der Waals surface area contributed by atoms with Crippen LogP contribution in [0.4, 0.5) is 0 Å². The highest BCUT2D eigenvalue weighted by atomic mass is 32.2. The van der Waals surface area contributed by atoms with Gasteiger partial charge in [-0.1, -0.05) is 6.07 Å². The molecule has 6 nitrogen and oxygen atoms in total. The highest BCUT2D eigenvalue weighted by molar-refractivity contribution is 7.91. The third kappa shape index (κ3) is 4.21. The minimum absolute atomic E-state index is 0.0103. The molecule has 1 atom stereocenters. The van der Waals surface area contributed by atoms with E-state index >= 15 is 0 Å². The molecule has 3 rings (SSSR count). The quantitative estimate of drug-likeness (QED) is 0.843. The van der Waals surface area contributed by atoms with Crippen LogP contribution in [0.1, 0.15) is 41.3 Å². The summed E-state index contributed by atoms with van der Waals surface area (Å²) in [6.07, 6.45) is 3.63. The van der Waals surface area contributed by atoms with Crippen molar-refractivity contribution in [2.75, 3.05) is 24.6 Å². The zero-order valence-corrected chi connectivity index (χ0v) is 15.3. The third-order valence-electron chi connectivity index (χ3n) is 4.95. The smallest absolute Gasteiger partial charge is 0.254 e. The number of nitrogens with one attached hydrogen (secondary N) is 1. The topological polar surface area (TPSA) is 83.6 Å². The van der Waals surface area contributed by atoms with E-state index in [1.165, 1.54) is 16.0 Å². The first-order valence-corrected chi connectivity index (χ1v) is 10.6. The van der Waals surface area contributed by atoms with Crippen LogP contribution in [0.5, 0.6) is 0 Å². The average Bonchev–Trinajstić information content (AvgIpc) is 3.17. The number of carbonyl (C=O) groups is 2. The Hall–Kier alpha value is -1.89. The summed E-state index contributed by atoms with van der Waals surface area (Å²) in [5.74, 6) is -0.363. The van der Waals surface area contributed by atoms with Crippen LogP contribution in [0.3, 0.4) is 0 Å². The van der Waals surface area contributed by atoms with Gasteiger partial charge in [-0.2, -0.15) is 0 Å². The Morgan fingerprint density at radius 2 is 2.00 bits per heavy atom. The van der Waals surface area contributed by atoms with Gasteiger partial charge < -0.3 is 10.2 Å². The van der Waals surface area contributed by atoms with E-state index in [0.717, 1.165) is 19.3 Å². The molecule has 1 heterocycles. The van der Waals surface area contributed by atoms with Crippen LogP contribution in [0, 0.1) is 0 Å². The predicted octanol–water partition coefficient (Wildman–Crippen LogP) is 0.941. The van der Waals surface area contributed by atoms with Crippen molar-refractivity contribution in [1.82, 2.24) is 10.2 Å². The summed E-state index contributed by atoms with van der Waals surface area (Å²) < 4.78 is 22.9. The van der Waals surface area contributed by atoms with Crippen molar-refractivity contribution in [3.05, 3.63) is 34.9 Å². The van der Waals surface area contributed by atoms with Crippen LogP contribution < -0.4 is 5.32 Å². The van der Waals surface area contributed by atoms with Gasteiger partial charge >= 0.3 is 0 Å². The molecule has 0 radical (unpaired) electrons. The molecule has 136 valence electrons. The van der Waals surface area contributed by atoms with Gasteiger partial charge in [-0.15, -0.1) is 0 Å². The van der Waals surface area contributed by atoms with Crippen LogP contribution in [0.2, 0.25) is 0 Å². The molecule has 0 aromatic heterocycles. The molecule has 0 saturated carbocycles. The Kier molecular flexibility index (Phi) is 5.13. The summed E-state index contributed by atoms with van der Waals surface area (Å²) in [6.45, 7) is 2.20. The summed E-state index contributed by atoms with van der Waals surface area (Å²) in [4.78, 5) is 26.4. The number of amides is 2. The van der Waals surface area contributed by atoms with E-state index in [4.69, 9.17) is 0 Å². The number of rotatable bonds is 5. The van der Waals surface area contributed by atoms with Crippen molar-refractivity contribution >= 4 is 21.7 Å². The number of sulfone groups is 1. The largest absolute Gasteiger partial charge is 0.351 e. The minimum atomic E-state index is -3.04. The Labute approximate surface area is 148 Å². The minimum Gasteiger partial charge on any atom is -0.351 e. The molecule has 7 heteroatoms. The first kappa shape index (κ1) is 17.9. The first-order valence-electron chi connectivity index (χ1n) is 8.79. The highest BCUT2D eigenvalue weighted by Gasteiger charge is 2.29. The lowest BCUT2D eigenvalue weighted by Crippen LogP contribution is -2.44. The van der Waals surface area contributed by atoms with Gasteiger partial charge in [-0.05, 0) is 55.9 Å². The molecule has 2 amide bonds. The van der Waals surface area contributed by atoms with E-state index in [1.807, 2.05) is 25.1 Å². The normalized spacial score (nSPS) is 20.9. The summed E-state index contributed by atoms with van der Waals surface area (Å²) in [5.41, 5.74) is 3.14. The summed E-state index contributed by atoms with van der Waals surface area (Å²) >= 11 is 0. The number of hydrogen-bond donors (Lipinski definition) is 1. The maximum absolute atomic E-state index is 12.7. The molecule has 0 unspecified atom stereocenters. The van der Waals surface area contributed by atoms with Gasteiger partial charge in [0.15, 0.2) is 9.84 Å². The molecule has 2 aliphatic rings. The maximum atomic E-state index is 12.7. The second-order valence-electron chi connectivity index (χ2n) is 6.82. The summed E-state index contributed by atoms with van der Waals surface area (Å²) in [6, 6.07) is 5.43. The Morgan fingerprint density at radius 1 is 1.24 bits per heavy atom. The van der Waals surface area contributed by atoms with Crippen LogP contribution in [0.15, 0.2) is 18.2 Å². The van der Waals surface area contributed by atoms with E-state index in [9.17, 15) is 18.0 Å². The van der Waals surface area contributed by atoms with Crippen molar-refractivity contribution in [2.45, 2.75) is 38.6 Å². The number of hydrogen-bond acceptors (Lipinski definition) is 4. The van der Waals surface area contributed by atoms with Gasteiger partial charge in [-0.3, -0.25) is 9.59 Å². The third-order valence-corrected chi connectivity index (χ3v) is 6.71. The molecule has 0 bridgehead atoms. The molecule has 1 saturated heterocycles. The van der Waals surface area contributed by atoms with Crippen molar-refractivity contribution in [3.8, 4) is 0 Å². The van der Waals surface area contributed by atoms with Crippen molar-refractivity contribution in [3.63, 3.8) is 0 Å². The van der Waals surface area contributed by atoms with Crippen molar-refractivity contribution in [1.29, 1.82) is 0 Å². The standard InChI is InChI=1S/C18H24N2O4S/c1-2-20(11-17(21)19-16-8-9-25(23,24)12-16)18(22)15-7-6-13-4-3-5-14(13)10-15/h6-7,10,16H,2-5,8-9,11-12H2,1H3,(H,19,21)/t16-/m0/s1. The molecule has 1 fully saturated rings. The van der Waals surface area contributed by atoms with Crippen LogP contribution in [-0.4, -0.2) is 55.8 Å². The second-order valence-corrected chi connectivity index (χ2v) is 9.05. The monoisotopic (exact) mass is 364 g/mol. The van der Waals surface area contributed by atoms with E-state index in [-0.39, 0.29) is 35.9 Å². The molecule has 1 N–H and O–H groups in total. The average molecular weight is 364 g/mol. The van der Waals surface area contributed by atoms with Crippen LogP contribution in [0.25, 0.3) is 0 Å². The zero-order valence-electron chi connectivity index (χ0n) is 14.5. The SMILES string of the molecule is CCN(CC(=O)N[C@H]1CCS(=O)(=O)C1)C(=O)c1ccc2c(c1)CCC2. The van der Waals surface area contributed by atoms with Gasteiger partial charge in [0.1, 0.15) is 0 Å². The fraction of sp³-hybridized carbons (Fsp3) is 0.556. The Balaban J connectivity index is 1.61. The molecule has 0 spiro atoms. The highest BCUT2D eigenvalue weighted by Crippen LogP contribution is 2.23. The fourth-order valence-electron chi connectivity index (χ4n) is 3.57. The van der Waals surface area contributed by atoms with E-state index in [1.54, 1.807) is 0 Å². The number of likely N-dealkylation sites (N-methyl/N-ethyl adjacent to an activating group) is 1. The van der Waals surface area contributed by atoms with Crippen LogP contribution in [-0.2, 0) is 27.5 Å². The van der Waals surface area contributed by atoms with Crippen molar-refractivity contribution < 1.29 is 18.0 Å². The van der Waals surface area contributed by atoms with Gasteiger partial charge in [0.05, 0.1) is 18.1 Å². The molecular weight excluding hydrogens is 340 g/mol. The van der Waals surface area contributed by atoms with E-state index in [0.29, 0.717) is 18.5 Å². The lowest BCUT2D eigenvalue weighted by atomic mass is 10.1.